The Hall–Kier alpha value is -2.44. The summed E-state index contributed by atoms with van der Waals surface area (Å²) in [7, 11) is 0. The lowest BCUT2D eigenvalue weighted by atomic mass is 10.1. The fourth-order valence-corrected chi connectivity index (χ4v) is 2.54. The summed E-state index contributed by atoms with van der Waals surface area (Å²) in [5.74, 6) is 0.0993. The van der Waals surface area contributed by atoms with Crippen LogP contribution in [-0.2, 0) is 13.1 Å². The zero-order valence-corrected chi connectivity index (χ0v) is 11.0. The Bertz CT molecular complexity index is 658. The van der Waals surface area contributed by atoms with Crippen LogP contribution in [0.2, 0.25) is 0 Å². The molecule has 0 bridgehead atoms. The van der Waals surface area contributed by atoms with E-state index in [4.69, 9.17) is 5.26 Å². The van der Waals surface area contributed by atoms with Gasteiger partial charge in [0, 0.05) is 18.7 Å². The van der Waals surface area contributed by atoms with Gasteiger partial charge in [-0.15, -0.1) is 0 Å². The van der Waals surface area contributed by atoms with Crippen LogP contribution in [0.1, 0.15) is 27.0 Å². The van der Waals surface area contributed by atoms with Crippen LogP contribution in [0.4, 0.5) is 0 Å². The standard InChI is InChI=1S/C17H14N2O/c18-9-13-5-7-14(8-6-13)17(20)12-19-10-15-3-1-2-4-16(15)11-19/h1-8H,10-12H2. The van der Waals surface area contributed by atoms with Gasteiger partial charge in [0.05, 0.1) is 18.2 Å². The number of ketones is 1. The van der Waals surface area contributed by atoms with Gasteiger partial charge in [0.1, 0.15) is 0 Å². The number of fused-ring (bicyclic) bond motifs is 1. The predicted molar refractivity (Wildman–Crippen MR) is 76.0 cm³/mol. The van der Waals surface area contributed by atoms with Crippen molar-refractivity contribution in [1.82, 2.24) is 4.90 Å². The highest BCUT2D eigenvalue weighted by Gasteiger charge is 2.20. The van der Waals surface area contributed by atoms with Gasteiger partial charge in [-0.1, -0.05) is 36.4 Å². The van der Waals surface area contributed by atoms with E-state index in [9.17, 15) is 4.79 Å². The maximum atomic E-state index is 12.2. The smallest absolute Gasteiger partial charge is 0.176 e. The van der Waals surface area contributed by atoms with Crippen molar-refractivity contribution < 1.29 is 4.79 Å². The van der Waals surface area contributed by atoms with E-state index in [1.165, 1.54) is 11.1 Å². The van der Waals surface area contributed by atoms with Gasteiger partial charge in [-0.05, 0) is 23.3 Å². The lowest BCUT2D eigenvalue weighted by Gasteiger charge is -2.13. The molecule has 0 saturated heterocycles. The molecule has 0 N–H and O–H groups in total. The molecule has 3 heteroatoms. The van der Waals surface area contributed by atoms with Crippen LogP contribution in [0.25, 0.3) is 0 Å². The summed E-state index contributed by atoms with van der Waals surface area (Å²) in [5.41, 5.74) is 3.86. The van der Waals surface area contributed by atoms with Gasteiger partial charge in [0.25, 0.3) is 0 Å². The van der Waals surface area contributed by atoms with Crippen molar-refractivity contribution in [2.75, 3.05) is 6.54 Å². The molecule has 2 aromatic rings. The van der Waals surface area contributed by atoms with Gasteiger partial charge < -0.3 is 0 Å². The minimum Gasteiger partial charge on any atom is -0.293 e. The fraction of sp³-hybridized carbons (Fsp3) is 0.176. The van der Waals surface area contributed by atoms with E-state index >= 15 is 0 Å². The van der Waals surface area contributed by atoms with Crippen LogP contribution < -0.4 is 0 Å². The third kappa shape index (κ3) is 2.47. The summed E-state index contributed by atoms with van der Waals surface area (Å²) in [6.07, 6.45) is 0. The third-order valence-corrected chi connectivity index (χ3v) is 3.61. The number of nitrogens with zero attached hydrogens (tertiary/aromatic N) is 2. The van der Waals surface area contributed by atoms with Crippen molar-refractivity contribution in [2.24, 2.45) is 0 Å². The van der Waals surface area contributed by atoms with Crippen LogP contribution in [-0.4, -0.2) is 17.2 Å². The number of carbonyl (C=O) groups is 1. The molecule has 0 unspecified atom stereocenters. The zero-order valence-electron chi connectivity index (χ0n) is 11.0. The first-order valence-corrected chi connectivity index (χ1v) is 6.59. The second kappa shape index (κ2) is 5.28. The number of hydrogen-bond donors (Lipinski definition) is 0. The minimum atomic E-state index is 0.0993. The van der Waals surface area contributed by atoms with Crippen molar-refractivity contribution >= 4 is 5.78 Å². The topological polar surface area (TPSA) is 44.1 Å². The molecule has 1 aliphatic heterocycles. The molecule has 1 heterocycles. The second-order valence-electron chi connectivity index (χ2n) is 5.03. The van der Waals surface area contributed by atoms with Crippen molar-refractivity contribution in [1.29, 1.82) is 5.26 Å². The van der Waals surface area contributed by atoms with Crippen molar-refractivity contribution in [3.63, 3.8) is 0 Å². The Morgan fingerprint density at radius 3 is 2.20 bits per heavy atom. The maximum Gasteiger partial charge on any atom is 0.176 e. The molecule has 0 fully saturated rings. The van der Waals surface area contributed by atoms with Crippen molar-refractivity contribution in [2.45, 2.75) is 13.1 Å². The Balaban J connectivity index is 1.67. The second-order valence-corrected chi connectivity index (χ2v) is 5.03. The molecule has 0 aliphatic carbocycles. The van der Waals surface area contributed by atoms with Crippen molar-refractivity contribution in [3.8, 4) is 6.07 Å². The maximum absolute atomic E-state index is 12.2. The Labute approximate surface area is 118 Å². The Kier molecular flexibility index (Phi) is 3.32. The number of benzene rings is 2. The quantitative estimate of drug-likeness (QED) is 0.799. The summed E-state index contributed by atoms with van der Waals surface area (Å²) in [4.78, 5) is 14.4. The molecule has 98 valence electrons. The van der Waals surface area contributed by atoms with E-state index in [1.807, 2.05) is 12.1 Å². The van der Waals surface area contributed by atoms with E-state index < -0.39 is 0 Å². The molecule has 3 rings (SSSR count). The first-order valence-electron chi connectivity index (χ1n) is 6.59. The summed E-state index contributed by atoms with van der Waals surface area (Å²) >= 11 is 0. The minimum absolute atomic E-state index is 0.0993. The summed E-state index contributed by atoms with van der Waals surface area (Å²) in [6, 6.07) is 17.2. The number of carbonyl (C=O) groups excluding carboxylic acids is 1. The molecule has 0 aromatic heterocycles. The number of nitriles is 1. The summed E-state index contributed by atoms with van der Waals surface area (Å²) in [5, 5.41) is 8.75. The van der Waals surface area contributed by atoms with E-state index in [0.29, 0.717) is 17.7 Å². The molecular formula is C17H14N2O. The predicted octanol–water partition coefficient (Wildman–Crippen LogP) is 2.76. The normalized spacial score (nSPS) is 13.8. The molecule has 0 atom stereocenters. The third-order valence-electron chi connectivity index (χ3n) is 3.61. The average Bonchev–Trinajstić information content (AvgIpc) is 2.89. The van der Waals surface area contributed by atoms with Crippen LogP contribution in [0.3, 0.4) is 0 Å². The molecule has 0 saturated carbocycles. The van der Waals surface area contributed by atoms with Crippen LogP contribution in [0.5, 0.6) is 0 Å². The monoisotopic (exact) mass is 262 g/mol. The van der Waals surface area contributed by atoms with Crippen LogP contribution in [0, 0.1) is 11.3 Å². The lowest BCUT2D eigenvalue weighted by Crippen LogP contribution is -2.24. The van der Waals surface area contributed by atoms with Crippen molar-refractivity contribution in [3.05, 3.63) is 70.8 Å². The molecule has 0 radical (unpaired) electrons. The van der Waals surface area contributed by atoms with E-state index in [1.54, 1.807) is 24.3 Å². The molecular weight excluding hydrogens is 248 g/mol. The molecule has 0 spiro atoms. The largest absolute Gasteiger partial charge is 0.293 e. The van der Waals surface area contributed by atoms with Gasteiger partial charge in [-0.2, -0.15) is 5.26 Å². The Morgan fingerprint density at radius 2 is 1.65 bits per heavy atom. The molecule has 3 nitrogen and oxygen atoms in total. The molecule has 20 heavy (non-hydrogen) atoms. The number of Topliss-reactive ketones (excluding diaryl/α,β-unsaturated/α-hetero) is 1. The average molecular weight is 262 g/mol. The SMILES string of the molecule is N#Cc1ccc(C(=O)CN2Cc3ccccc3C2)cc1. The molecule has 1 aliphatic rings. The van der Waals surface area contributed by atoms with E-state index in [2.05, 4.69) is 23.1 Å². The zero-order chi connectivity index (χ0) is 13.9. The first-order chi connectivity index (χ1) is 9.76. The van der Waals surface area contributed by atoms with E-state index in [-0.39, 0.29) is 5.78 Å². The highest BCUT2D eigenvalue weighted by molar-refractivity contribution is 5.97. The summed E-state index contributed by atoms with van der Waals surface area (Å²) < 4.78 is 0. The van der Waals surface area contributed by atoms with Gasteiger partial charge in [0.15, 0.2) is 5.78 Å². The van der Waals surface area contributed by atoms with Gasteiger partial charge in [-0.3, -0.25) is 9.69 Å². The molecule has 0 amide bonds. The van der Waals surface area contributed by atoms with Gasteiger partial charge >= 0.3 is 0 Å². The highest BCUT2D eigenvalue weighted by Crippen LogP contribution is 2.22. The highest BCUT2D eigenvalue weighted by atomic mass is 16.1. The van der Waals surface area contributed by atoms with E-state index in [0.717, 1.165) is 13.1 Å². The van der Waals surface area contributed by atoms with Gasteiger partial charge in [-0.25, -0.2) is 0 Å². The fourth-order valence-electron chi connectivity index (χ4n) is 2.54. The lowest BCUT2D eigenvalue weighted by molar-refractivity contribution is 0.0929. The number of hydrogen-bond acceptors (Lipinski definition) is 3. The summed E-state index contributed by atoms with van der Waals surface area (Å²) in [6.45, 7) is 2.08. The van der Waals surface area contributed by atoms with Crippen LogP contribution in [0.15, 0.2) is 48.5 Å². The number of rotatable bonds is 3. The first kappa shape index (κ1) is 12.6. The van der Waals surface area contributed by atoms with Crippen LogP contribution >= 0.6 is 0 Å². The Morgan fingerprint density at radius 1 is 1.05 bits per heavy atom. The molecule has 2 aromatic carbocycles. The van der Waals surface area contributed by atoms with Gasteiger partial charge in [0.2, 0.25) is 0 Å².